The van der Waals surface area contributed by atoms with E-state index in [-0.39, 0.29) is 0 Å². The zero-order valence-electron chi connectivity index (χ0n) is 11.5. The molecule has 1 aliphatic heterocycles. The smallest absolute Gasteiger partial charge is 0.232 e. The Bertz CT molecular complexity index is 606. The molecule has 1 atom stereocenters. The maximum Gasteiger partial charge on any atom is 0.232 e. The molecule has 0 aromatic carbocycles. The summed E-state index contributed by atoms with van der Waals surface area (Å²) in [5.41, 5.74) is 0.921. The average molecular weight is 280 g/mol. The number of rotatable bonds is 1. The molecular formula is C13H18ClN5. The van der Waals surface area contributed by atoms with Gasteiger partial charge in [-0.25, -0.2) is 4.98 Å². The van der Waals surface area contributed by atoms with Gasteiger partial charge in [-0.3, -0.25) is 4.40 Å². The van der Waals surface area contributed by atoms with E-state index in [1.807, 2.05) is 10.6 Å². The zero-order valence-corrected chi connectivity index (χ0v) is 12.2. The van der Waals surface area contributed by atoms with Gasteiger partial charge >= 0.3 is 0 Å². The van der Waals surface area contributed by atoms with Gasteiger partial charge in [0.2, 0.25) is 5.95 Å². The molecule has 3 rings (SSSR count). The van der Waals surface area contributed by atoms with Gasteiger partial charge in [0, 0.05) is 25.0 Å². The lowest BCUT2D eigenvalue weighted by Crippen LogP contribution is -2.46. The van der Waals surface area contributed by atoms with Crippen LogP contribution < -0.4 is 4.90 Å². The van der Waals surface area contributed by atoms with E-state index in [1.165, 1.54) is 12.8 Å². The monoisotopic (exact) mass is 279 g/mol. The third-order valence-electron chi connectivity index (χ3n) is 3.89. The van der Waals surface area contributed by atoms with Crippen molar-refractivity contribution in [3.63, 3.8) is 0 Å². The Balaban J connectivity index is 2.06. The molecule has 1 saturated heterocycles. The van der Waals surface area contributed by atoms with Crippen LogP contribution in [0.4, 0.5) is 5.95 Å². The molecule has 1 aliphatic rings. The standard InChI is InChI=1S/C13H18ClN5/c1-9-4-5-13(2,3)8-19(9)12-17-16-11-10(14)15-6-7-18(11)12/h6-7,9H,4-5,8H2,1-3H3. The van der Waals surface area contributed by atoms with Gasteiger partial charge in [-0.1, -0.05) is 25.4 Å². The Morgan fingerprint density at radius 1 is 1.37 bits per heavy atom. The maximum absolute atomic E-state index is 6.05. The van der Waals surface area contributed by atoms with Crippen LogP contribution in [-0.2, 0) is 0 Å². The summed E-state index contributed by atoms with van der Waals surface area (Å²) in [7, 11) is 0. The lowest BCUT2D eigenvalue weighted by Gasteiger charge is -2.42. The van der Waals surface area contributed by atoms with Crippen LogP contribution in [0.15, 0.2) is 12.4 Å². The quantitative estimate of drug-likeness (QED) is 0.805. The molecule has 1 unspecified atom stereocenters. The van der Waals surface area contributed by atoms with Crippen molar-refractivity contribution in [2.24, 2.45) is 5.41 Å². The highest BCUT2D eigenvalue weighted by atomic mass is 35.5. The van der Waals surface area contributed by atoms with Crippen LogP contribution in [-0.4, -0.2) is 32.2 Å². The predicted molar refractivity (Wildman–Crippen MR) is 75.6 cm³/mol. The molecular weight excluding hydrogens is 262 g/mol. The minimum absolute atomic E-state index is 0.301. The summed E-state index contributed by atoms with van der Waals surface area (Å²) in [5.74, 6) is 0.861. The number of hydrogen-bond acceptors (Lipinski definition) is 4. The van der Waals surface area contributed by atoms with Crippen LogP contribution in [0, 0.1) is 5.41 Å². The number of piperidine rings is 1. The van der Waals surface area contributed by atoms with Gasteiger partial charge in [-0.2, -0.15) is 0 Å². The fraction of sp³-hybridized carbons (Fsp3) is 0.615. The third kappa shape index (κ3) is 2.16. The Hall–Kier alpha value is -1.36. The van der Waals surface area contributed by atoms with E-state index in [1.54, 1.807) is 6.20 Å². The second-order valence-corrected chi connectivity index (χ2v) is 6.45. The first-order valence-corrected chi connectivity index (χ1v) is 6.98. The summed E-state index contributed by atoms with van der Waals surface area (Å²) in [6.45, 7) is 7.81. The first-order valence-electron chi connectivity index (χ1n) is 6.60. The number of nitrogens with zero attached hydrogens (tertiary/aromatic N) is 5. The first-order chi connectivity index (χ1) is 8.98. The van der Waals surface area contributed by atoms with Gasteiger partial charge in [0.05, 0.1) is 0 Å². The van der Waals surface area contributed by atoms with Gasteiger partial charge < -0.3 is 4.90 Å². The molecule has 3 heterocycles. The van der Waals surface area contributed by atoms with Crippen molar-refractivity contribution in [2.75, 3.05) is 11.4 Å². The SMILES string of the molecule is CC1CCC(C)(C)CN1c1nnc2c(Cl)nccn12. The molecule has 6 heteroatoms. The van der Waals surface area contributed by atoms with Crippen molar-refractivity contribution >= 4 is 23.2 Å². The third-order valence-corrected chi connectivity index (χ3v) is 4.16. The molecule has 0 saturated carbocycles. The highest BCUT2D eigenvalue weighted by Gasteiger charge is 2.33. The minimum atomic E-state index is 0.301. The summed E-state index contributed by atoms with van der Waals surface area (Å²) in [4.78, 5) is 6.36. The Morgan fingerprint density at radius 3 is 2.95 bits per heavy atom. The second kappa shape index (κ2) is 4.34. The van der Waals surface area contributed by atoms with Crippen molar-refractivity contribution < 1.29 is 0 Å². The summed E-state index contributed by atoms with van der Waals surface area (Å²) < 4.78 is 1.92. The van der Waals surface area contributed by atoms with E-state index in [2.05, 4.69) is 40.9 Å². The minimum Gasteiger partial charge on any atom is -0.337 e. The molecule has 2 aromatic rings. The van der Waals surface area contributed by atoms with E-state index in [4.69, 9.17) is 11.6 Å². The van der Waals surface area contributed by atoms with E-state index in [0.717, 1.165) is 12.5 Å². The normalized spacial score (nSPS) is 22.9. The van der Waals surface area contributed by atoms with Crippen LogP contribution in [0.5, 0.6) is 0 Å². The Labute approximate surface area is 117 Å². The fourth-order valence-corrected chi connectivity index (χ4v) is 2.88. The molecule has 1 fully saturated rings. The van der Waals surface area contributed by atoms with Crippen LogP contribution in [0.25, 0.3) is 5.65 Å². The summed E-state index contributed by atoms with van der Waals surface area (Å²) in [6, 6.07) is 0.465. The molecule has 102 valence electrons. The number of aromatic nitrogens is 4. The Kier molecular flexibility index (Phi) is 2.89. The number of anilines is 1. The first kappa shape index (κ1) is 12.7. The largest absolute Gasteiger partial charge is 0.337 e. The molecule has 0 aliphatic carbocycles. The lowest BCUT2D eigenvalue weighted by molar-refractivity contribution is 0.261. The van der Waals surface area contributed by atoms with Crippen LogP contribution >= 0.6 is 11.6 Å². The average Bonchev–Trinajstić information content (AvgIpc) is 2.78. The van der Waals surface area contributed by atoms with Gasteiger partial charge in [0.25, 0.3) is 0 Å². The number of halogens is 1. The van der Waals surface area contributed by atoms with Crippen LogP contribution in [0.3, 0.4) is 0 Å². The lowest BCUT2D eigenvalue weighted by atomic mass is 9.82. The van der Waals surface area contributed by atoms with Gasteiger partial charge in [-0.15, -0.1) is 10.2 Å². The van der Waals surface area contributed by atoms with E-state index >= 15 is 0 Å². The van der Waals surface area contributed by atoms with Crippen LogP contribution in [0.1, 0.15) is 33.6 Å². The van der Waals surface area contributed by atoms with Crippen molar-refractivity contribution in [2.45, 2.75) is 39.7 Å². The highest BCUT2D eigenvalue weighted by molar-refractivity contribution is 6.32. The summed E-state index contributed by atoms with van der Waals surface area (Å²) >= 11 is 6.05. The second-order valence-electron chi connectivity index (χ2n) is 6.09. The zero-order chi connectivity index (χ0) is 13.6. The fourth-order valence-electron chi connectivity index (χ4n) is 2.70. The summed E-state index contributed by atoms with van der Waals surface area (Å²) in [6.07, 6.45) is 5.96. The van der Waals surface area contributed by atoms with E-state index in [0.29, 0.717) is 22.3 Å². The van der Waals surface area contributed by atoms with Crippen molar-refractivity contribution in [3.05, 3.63) is 17.5 Å². The van der Waals surface area contributed by atoms with Crippen molar-refractivity contribution in [1.29, 1.82) is 0 Å². The molecule has 19 heavy (non-hydrogen) atoms. The molecule has 0 amide bonds. The van der Waals surface area contributed by atoms with Gasteiger partial charge in [-0.05, 0) is 25.2 Å². The number of hydrogen-bond donors (Lipinski definition) is 0. The van der Waals surface area contributed by atoms with E-state index < -0.39 is 0 Å². The molecule has 0 N–H and O–H groups in total. The van der Waals surface area contributed by atoms with E-state index in [9.17, 15) is 0 Å². The molecule has 0 spiro atoms. The summed E-state index contributed by atoms with van der Waals surface area (Å²) in [5, 5.41) is 8.86. The van der Waals surface area contributed by atoms with Gasteiger partial charge in [0.1, 0.15) is 0 Å². The number of fused-ring (bicyclic) bond motifs is 1. The Morgan fingerprint density at radius 2 is 2.16 bits per heavy atom. The predicted octanol–water partition coefficient (Wildman–Crippen LogP) is 2.79. The van der Waals surface area contributed by atoms with Crippen molar-refractivity contribution in [1.82, 2.24) is 19.6 Å². The molecule has 0 radical (unpaired) electrons. The molecule has 0 bridgehead atoms. The molecule has 2 aromatic heterocycles. The molecule has 5 nitrogen and oxygen atoms in total. The van der Waals surface area contributed by atoms with Crippen molar-refractivity contribution in [3.8, 4) is 0 Å². The topological polar surface area (TPSA) is 46.3 Å². The van der Waals surface area contributed by atoms with Gasteiger partial charge in [0.15, 0.2) is 10.8 Å². The highest BCUT2D eigenvalue weighted by Crippen LogP contribution is 2.34. The van der Waals surface area contributed by atoms with Crippen LogP contribution in [0.2, 0.25) is 5.15 Å². The maximum atomic E-state index is 6.05.